The zero-order valence-electron chi connectivity index (χ0n) is 9.87. The van der Waals surface area contributed by atoms with Gasteiger partial charge in [-0.2, -0.15) is 0 Å². The Morgan fingerprint density at radius 3 is 2.82 bits per heavy atom. The highest BCUT2D eigenvalue weighted by Crippen LogP contribution is 2.32. The molecule has 0 aromatic heterocycles. The molecule has 2 atom stereocenters. The molecule has 92 valence electrons. The predicted molar refractivity (Wildman–Crippen MR) is 65.9 cm³/mol. The maximum absolute atomic E-state index is 13.5. The first kappa shape index (κ1) is 11.9. The number of rotatable bonds is 2. The summed E-state index contributed by atoms with van der Waals surface area (Å²) in [6.07, 6.45) is 3.04. The van der Waals surface area contributed by atoms with Crippen molar-refractivity contribution >= 4 is 17.3 Å². The standard InChI is InChI=1S/C13H17FN2O/c1-8-3-2-4-10(8)13(17)16-12-6-5-9(15)7-11(12)14/h5-8,10H,2-4,15H2,1H3,(H,16,17). The fourth-order valence-electron chi connectivity index (χ4n) is 2.39. The van der Waals surface area contributed by atoms with Crippen molar-refractivity contribution in [1.82, 2.24) is 0 Å². The molecule has 3 N–H and O–H groups in total. The van der Waals surface area contributed by atoms with Crippen molar-refractivity contribution in [3.63, 3.8) is 0 Å². The number of hydrogen-bond acceptors (Lipinski definition) is 2. The first-order valence-corrected chi connectivity index (χ1v) is 5.94. The van der Waals surface area contributed by atoms with Gasteiger partial charge in [0, 0.05) is 11.6 Å². The molecule has 3 nitrogen and oxygen atoms in total. The van der Waals surface area contributed by atoms with Crippen LogP contribution in [0, 0.1) is 17.7 Å². The molecule has 1 amide bonds. The van der Waals surface area contributed by atoms with E-state index in [0.29, 0.717) is 11.6 Å². The highest BCUT2D eigenvalue weighted by Gasteiger charge is 2.29. The van der Waals surface area contributed by atoms with Crippen molar-refractivity contribution in [3.8, 4) is 0 Å². The van der Waals surface area contributed by atoms with Crippen molar-refractivity contribution < 1.29 is 9.18 Å². The number of nitrogens with two attached hydrogens (primary N) is 1. The topological polar surface area (TPSA) is 55.1 Å². The van der Waals surface area contributed by atoms with E-state index < -0.39 is 5.82 Å². The van der Waals surface area contributed by atoms with E-state index in [1.165, 1.54) is 12.1 Å². The van der Waals surface area contributed by atoms with E-state index in [-0.39, 0.29) is 17.5 Å². The Balaban J connectivity index is 2.07. The van der Waals surface area contributed by atoms with Gasteiger partial charge in [0.1, 0.15) is 5.82 Å². The maximum Gasteiger partial charge on any atom is 0.227 e. The van der Waals surface area contributed by atoms with Gasteiger partial charge in [-0.15, -0.1) is 0 Å². The molecule has 2 rings (SSSR count). The second kappa shape index (κ2) is 4.73. The van der Waals surface area contributed by atoms with Crippen molar-refractivity contribution in [2.75, 3.05) is 11.1 Å². The van der Waals surface area contributed by atoms with E-state index in [2.05, 4.69) is 12.2 Å². The second-order valence-corrected chi connectivity index (χ2v) is 4.74. The van der Waals surface area contributed by atoms with Crippen LogP contribution in [0.1, 0.15) is 26.2 Å². The van der Waals surface area contributed by atoms with Gasteiger partial charge in [0.25, 0.3) is 0 Å². The van der Waals surface area contributed by atoms with Crippen LogP contribution in [0.4, 0.5) is 15.8 Å². The van der Waals surface area contributed by atoms with Gasteiger partial charge in [-0.3, -0.25) is 4.79 Å². The molecular formula is C13H17FN2O. The van der Waals surface area contributed by atoms with Crippen LogP contribution in [-0.4, -0.2) is 5.91 Å². The first-order chi connectivity index (χ1) is 8.08. The summed E-state index contributed by atoms with van der Waals surface area (Å²) in [5.74, 6) is -0.179. The number of benzene rings is 1. The zero-order chi connectivity index (χ0) is 12.4. The minimum absolute atomic E-state index is 0.00644. The number of carbonyl (C=O) groups excluding carboxylic acids is 1. The molecule has 0 bridgehead atoms. The average molecular weight is 236 g/mol. The van der Waals surface area contributed by atoms with Crippen LogP contribution in [0.25, 0.3) is 0 Å². The first-order valence-electron chi connectivity index (χ1n) is 5.94. The third kappa shape index (κ3) is 2.57. The summed E-state index contributed by atoms with van der Waals surface area (Å²) >= 11 is 0. The van der Waals surface area contributed by atoms with E-state index >= 15 is 0 Å². The van der Waals surface area contributed by atoms with Crippen molar-refractivity contribution in [2.45, 2.75) is 26.2 Å². The Labute approximate surface area is 100 Å². The van der Waals surface area contributed by atoms with Crippen LogP contribution in [0.5, 0.6) is 0 Å². The molecule has 1 aliphatic rings. The number of nitrogen functional groups attached to an aromatic ring is 1. The Bertz CT molecular complexity index is 433. The lowest BCUT2D eigenvalue weighted by Crippen LogP contribution is -2.25. The summed E-state index contributed by atoms with van der Waals surface area (Å²) in [7, 11) is 0. The zero-order valence-corrected chi connectivity index (χ0v) is 9.87. The SMILES string of the molecule is CC1CCCC1C(=O)Nc1ccc(N)cc1F. The third-order valence-electron chi connectivity index (χ3n) is 3.45. The smallest absolute Gasteiger partial charge is 0.227 e. The van der Waals surface area contributed by atoms with Crippen LogP contribution in [0.15, 0.2) is 18.2 Å². The van der Waals surface area contributed by atoms with Gasteiger partial charge in [-0.25, -0.2) is 4.39 Å². The van der Waals surface area contributed by atoms with Gasteiger partial charge in [0.2, 0.25) is 5.91 Å². The van der Waals surface area contributed by atoms with Crippen LogP contribution < -0.4 is 11.1 Å². The molecule has 0 heterocycles. The van der Waals surface area contributed by atoms with Crippen LogP contribution in [-0.2, 0) is 4.79 Å². The highest BCUT2D eigenvalue weighted by molar-refractivity contribution is 5.93. The van der Waals surface area contributed by atoms with E-state index in [9.17, 15) is 9.18 Å². The number of halogens is 1. The lowest BCUT2D eigenvalue weighted by atomic mass is 9.97. The quantitative estimate of drug-likeness (QED) is 0.776. The highest BCUT2D eigenvalue weighted by atomic mass is 19.1. The lowest BCUT2D eigenvalue weighted by Gasteiger charge is -2.15. The Hall–Kier alpha value is -1.58. The molecule has 17 heavy (non-hydrogen) atoms. The van der Waals surface area contributed by atoms with Gasteiger partial charge < -0.3 is 11.1 Å². The van der Waals surface area contributed by atoms with Crippen LogP contribution >= 0.6 is 0 Å². The van der Waals surface area contributed by atoms with Gasteiger partial charge >= 0.3 is 0 Å². The summed E-state index contributed by atoms with van der Waals surface area (Å²) in [6, 6.07) is 4.30. The van der Waals surface area contributed by atoms with Crippen molar-refractivity contribution in [3.05, 3.63) is 24.0 Å². The summed E-state index contributed by atoms with van der Waals surface area (Å²) < 4.78 is 13.5. The van der Waals surface area contributed by atoms with Gasteiger partial charge in [-0.05, 0) is 37.0 Å². The molecule has 0 saturated heterocycles. The van der Waals surface area contributed by atoms with Crippen LogP contribution in [0.2, 0.25) is 0 Å². The molecule has 0 spiro atoms. The summed E-state index contributed by atoms with van der Waals surface area (Å²) in [4.78, 5) is 12.0. The second-order valence-electron chi connectivity index (χ2n) is 4.74. The molecule has 1 aromatic rings. The monoisotopic (exact) mass is 236 g/mol. The number of nitrogens with one attached hydrogen (secondary N) is 1. The number of amides is 1. The summed E-state index contributed by atoms with van der Waals surface area (Å²) in [6.45, 7) is 2.07. The summed E-state index contributed by atoms with van der Waals surface area (Å²) in [5.41, 5.74) is 6.02. The Morgan fingerprint density at radius 2 is 2.24 bits per heavy atom. The number of anilines is 2. The minimum atomic E-state index is -0.482. The Morgan fingerprint density at radius 1 is 1.47 bits per heavy atom. The molecule has 4 heteroatoms. The fraction of sp³-hybridized carbons (Fsp3) is 0.462. The molecule has 0 radical (unpaired) electrons. The number of carbonyl (C=O) groups is 1. The molecule has 2 unspecified atom stereocenters. The van der Waals surface area contributed by atoms with E-state index in [0.717, 1.165) is 19.3 Å². The maximum atomic E-state index is 13.5. The van der Waals surface area contributed by atoms with E-state index in [1.54, 1.807) is 6.07 Å². The van der Waals surface area contributed by atoms with Gasteiger partial charge in [0.05, 0.1) is 5.69 Å². The van der Waals surface area contributed by atoms with Gasteiger partial charge in [-0.1, -0.05) is 13.3 Å². The molecular weight excluding hydrogens is 219 g/mol. The normalized spacial score (nSPS) is 23.6. The van der Waals surface area contributed by atoms with Gasteiger partial charge in [0.15, 0.2) is 0 Å². The molecule has 1 fully saturated rings. The average Bonchev–Trinajstić information content (AvgIpc) is 2.68. The van der Waals surface area contributed by atoms with E-state index in [4.69, 9.17) is 5.73 Å². The van der Waals surface area contributed by atoms with E-state index in [1.807, 2.05) is 0 Å². The largest absolute Gasteiger partial charge is 0.399 e. The minimum Gasteiger partial charge on any atom is -0.399 e. The number of hydrogen-bond donors (Lipinski definition) is 2. The third-order valence-corrected chi connectivity index (χ3v) is 3.45. The molecule has 1 saturated carbocycles. The van der Waals surface area contributed by atoms with Crippen molar-refractivity contribution in [1.29, 1.82) is 0 Å². The molecule has 1 aromatic carbocycles. The summed E-state index contributed by atoms with van der Waals surface area (Å²) in [5, 5.41) is 2.64. The Kier molecular flexibility index (Phi) is 3.31. The van der Waals surface area contributed by atoms with Crippen molar-refractivity contribution in [2.24, 2.45) is 11.8 Å². The molecule has 0 aliphatic heterocycles. The molecule has 1 aliphatic carbocycles. The lowest BCUT2D eigenvalue weighted by molar-refractivity contribution is -0.120. The fourth-order valence-corrected chi connectivity index (χ4v) is 2.39. The predicted octanol–water partition coefficient (Wildman–Crippen LogP) is 2.78. The van der Waals surface area contributed by atoms with Crippen LogP contribution in [0.3, 0.4) is 0 Å².